The molecule has 0 aromatic heterocycles. The maximum absolute atomic E-state index is 6.54. The van der Waals surface area contributed by atoms with E-state index >= 15 is 0 Å². The van der Waals surface area contributed by atoms with E-state index < -0.39 is 5.60 Å². The van der Waals surface area contributed by atoms with Crippen LogP contribution in [0.5, 0.6) is 0 Å². The third kappa shape index (κ3) is 3.55. The Balaban J connectivity index is 2.22. The quantitative estimate of drug-likeness (QED) is 0.511. The van der Waals surface area contributed by atoms with Crippen molar-refractivity contribution in [3.63, 3.8) is 0 Å². The van der Waals surface area contributed by atoms with E-state index in [-0.39, 0.29) is 6.04 Å². The van der Waals surface area contributed by atoms with Gasteiger partial charge in [-0.15, -0.1) is 6.58 Å². The first-order valence-electron chi connectivity index (χ1n) is 8.46. The maximum atomic E-state index is 6.54. The number of nitrogens with two attached hydrogens (primary N) is 1. The second-order valence-electron chi connectivity index (χ2n) is 5.99. The van der Waals surface area contributed by atoms with Gasteiger partial charge in [-0.25, -0.2) is 0 Å². The van der Waals surface area contributed by atoms with Gasteiger partial charge in [-0.1, -0.05) is 97.1 Å². The van der Waals surface area contributed by atoms with E-state index in [4.69, 9.17) is 10.5 Å². The van der Waals surface area contributed by atoms with Gasteiger partial charge in [0.15, 0.2) is 0 Å². The summed E-state index contributed by atoms with van der Waals surface area (Å²) >= 11 is 0. The zero-order valence-electron chi connectivity index (χ0n) is 14.2. The Morgan fingerprint density at radius 2 is 1.12 bits per heavy atom. The summed E-state index contributed by atoms with van der Waals surface area (Å²) in [7, 11) is 0. The van der Waals surface area contributed by atoms with Crippen molar-refractivity contribution in [3.8, 4) is 0 Å². The van der Waals surface area contributed by atoms with Crippen LogP contribution in [-0.4, -0.2) is 12.6 Å². The van der Waals surface area contributed by atoms with Gasteiger partial charge in [-0.3, -0.25) is 0 Å². The molecule has 3 aromatic carbocycles. The van der Waals surface area contributed by atoms with Gasteiger partial charge >= 0.3 is 0 Å². The number of hydrogen-bond acceptors (Lipinski definition) is 2. The standard InChI is InChI=1S/C23H23NO/c1-2-22(24)18-25-23(19-12-6-3-7-13-19,20-14-8-4-9-15-20)21-16-10-5-11-17-21/h2-17,22H,1,18,24H2. The van der Waals surface area contributed by atoms with E-state index in [2.05, 4.69) is 43.0 Å². The summed E-state index contributed by atoms with van der Waals surface area (Å²) in [6.45, 7) is 4.15. The largest absolute Gasteiger partial charge is 0.359 e. The van der Waals surface area contributed by atoms with Crippen molar-refractivity contribution in [2.75, 3.05) is 6.61 Å². The molecule has 0 spiro atoms. The van der Waals surface area contributed by atoms with Gasteiger partial charge in [0.25, 0.3) is 0 Å². The highest BCUT2D eigenvalue weighted by molar-refractivity contribution is 5.47. The molecule has 2 heteroatoms. The summed E-state index contributed by atoms with van der Waals surface area (Å²) in [6.07, 6.45) is 1.71. The molecule has 2 nitrogen and oxygen atoms in total. The predicted octanol–water partition coefficient (Wildman–Crippen LogP) is 4.51. The lowest BCUT2D eigenvalue weighted by molar-refractivity contribution is 0.0103. The predicted molar refractivity (Wildman–Crippen MR) is 103 cm³/mol. The number of hydrogen-bond donors (Lipinski definition) is 1. The zero-order chi connectivity index (χ0) is 17.5. The van der Waals surface area contributed by atoms with Crippen LogP contribution < -0.4 is 5.73 Å². The van der Waals surface area contributed by atoms with Crippen LogP contribution in [0, 0.1) is 0 Å². The molecule has 25 heavy (non-hydrogen) atoms. The third-order valence-corrected chi connectivity index (χ3v) is 4.34. The molecule has 0 radical (unpaired) electrons. The molecule has 3 rings (SSSR count). The molecule has 1 unspecified atom stereocenters. The summed E-state index contributed by atoms with van der Waals surface area (Å²) < 4.78 is 6.54. The first-order valence-corrected chi connectivity index (χ1v) is 8.46. The summed E-state index contributed by atoms with van der Waals surface area (Å²) in [6, 6.07) is 30.6. The number of benzene rings is 3. The topological polar surface area (TPSA) is 35.2 Å². The fraction of sp³-hybridized carbons (Fsp3) is 0.130. The highest BCUT2D eigenvalue weighted by Gasteiger charge is 2.37. The molecule has 3 aromatic rings. The van der Waals surface area contributed by atoms with E-state index in [1.165, 1.54) is 0 Å². The van der Waals surface area contributed by atoms with E-state index in [0.717, 1.165) is 16.7 Å². The molecule has 0 amide bonds. The van der Waals surface area contributed by atoms with Crippen LogP contribution in [0.25, 0.3) is 0 Å². The molecule has 0 fully saturated rings. The molecule has 0 bridgehead atoms. The van der Waals surface area contributed by atoms with Crippen molar-refractivity contribution >= 4 is 0 Å². The molecule has 0 aliphatic heterocycles. The highest BCUT2D eigenvalue weighted by atomic mass is 16.5. The first-order chi connectivity index (χ1) is 12.3. The molecule has 0 aliphatic rings. The SMILES string of the molecule is C=CC(N)COC(c1ccccc1)(c1ccccc1)c1ccccc1. The Morgan fingerprint density at radius 1 is 0.760 bits per heavy atom. The van der Waals surface area contributed by atoms with Crippen LogP contribution in [-0.2, 0) is 10.3 Å². The molecular weight excluding hydrogens is 306 g/mol. The molecule has 1 atom stereocenters. The lowest BCUT2D eigenvalue weighted by Crippen LogP contribution is -2.37. The van der Waals surface area contributed by atoms with Crippen molar-refractivity contribution in [1.29, 1.82) is 0 Å². The van der Waals surface area contributed by atoms with Crippen molar-refractivity contribution in [1.82, 2.24) is 0 Å². The molecule has 126 valence electrons. The van der Waals surface area contributed by atoms with Crippen LogP contribution in [0.2, 0.25) is 0 Å². The minimum Gasteiger partial charge on any atom is -0.359 e. The summed E-state index contributed by atoms with van der Waals surface area (Å²) in [4.78, 5) is 0. The van der Waals surface area contributed by atoms with Crippen molar-refractivity contribution < 1.29 is 4.74 Å². The fourth-order valence-corrected chi connectivity index (χ4v) is 3.06. The Kier molecular flexibility index (Phi) is 5.44. The van der Waals surface area contributed by atoms with Crippen molar-refractivity contribution in [2.45, 2.75) is 11.6 Å². The Hall–Kier alpha value is -2.68. The lowest BCUT2D eigenvalue weighted by Gasteiger charge is -2.36. The maximum Gasteiger partial charge on any atom is 0.143 e. The Bertz CT molecular complexity index is 687. The second kappa shape index (κ2) is 7.93. The fourth-order valence-electron chi connectivity index (χ4n) is 3.06. The monoisotopic (exact) mass is 329 g/mol. The lowest BCUT2D eigenvalue weighted by atomic mass is 9.80. The van der Waals surface area contributed by atoms with Gasteiger partial charge in [0.05, 0.1) is 6.61 Å². The number of ether oxygens (including phenoxy) is 1. The van der Waals surface area contributed by atoms with Gasteiger partial charge in [-0.05, 0) is 16.7 Å². The van der Waals surface area contributed by atoms with Crippen LogP contribution in [0.15, 0.2) is 104 Å². The summed E-state index contributed by atoms with van der Waals surface area (Å²) in [5.74, 6) is 0. The zero-order valence-corrected chi connectivity index (χ0v) is 14.2. The molecule has 0 saturated heterocycles. The third-order valence-electron chi connectivity index (χ3n) is 4.34. The van der Waals surface area contributed by atoms with Gasteiger partial charge < -0.3 is 10.5 Å². The van der Waals surface area contributed by atoms with Crippen molar-refractivity contribution in [3.05, 3.63) is 120 Å². The Morgan fingerprint density at radius 3 is 1.44 bits per heavy atom. The second-order valence-corrected chi connectivity index (χ2v) is 5.99. The van der Waals surface area contributed by atoms with Crippen LogP contribution in [0.4, 0.5) is 0 Å². The van der Waals surface area contributed by atoms with E-state index in [0.29, 0.717) is 6.61 Å². The summed E-state index contributed by atoms with van der Waals surface area (Å²) in [5, 5.41) is 0. The molecule has 2 N–H and O–H groups in total. The van der Waals surface area contributed by atoms with Gasteiger partial charge in [0, 0.05) is 6.04 Å². The summed E-state index contributed by atoms with van der Waals surface area (Å²) in [5.41, 5.74) is 8.57. The molecule has 0 aliphatic carbocycles. The average Bonchev–Trinajstić information content (AvgIpc) is 2.71. The minimum atomic E-state index is -0.718. The Labute approximate surface area is 149 Å². The van der Waals surface area contributed by atoms with E-state index in [9.17, 15) is 0 Å². The normalized spacial score (nSPS) is 12.5. The van der Waals surface area contributed by atoms with Crippen LogP contribution in [0.1, 0.15) is 16.7 Å². The highest BCUT2D eigenvalue weighted by Crippen LogP contribution is 2.40. The van der Waals surface area contributed by atoms with Crippen molar-refractivity contribution in [2.24, 2.45) is 5.73 Å². The average molecular weight is 329 g/mol. The number of rotatable bonds is 7. The van der Waals surface area contributed by atoms with E-state index in [1.54, 1.807) is 6.08 Å². The van der Waals surface area contributed by atoms with Gasteiger partial charge in [0.1, 0.15) is 5.60 Å². The van der Waals surface area contributed by atoms with Gasteiger partial charge in [0.2, 0.25) is 0 Å². The molecular formula is C23H23NO. The van der Waals surface area contributed by atoms with E-state index in [1.807, 2.05) is 54.6 Å². The van der Waals surface area contributed by atoms with Crippen LogP contribution >= 0.6 is 0 Å². The first kappa shape index (κ1) is 17.2. The molecule has 0 heterocycles. The smallest absolute Gasteiger partial charge is 0.143 e. The van der Waals surface area contributed by atoms with Gasteiger partial charge in [-0.2, -0.15) is 0 Å². The molecule has 0 saturated carbocycles. The van der Waals surface area contributed by atoms with Crippen LogP contribution in [0.3, 0.4) is 0 Å². The minimum absolute atomic E-state index is 0.226.